The lowest BCUT2D eigenvalue weighted by Crippen LogP contribution is -2.24. The maximum absolute atomic E-state index is 12.3. The fourth-order valence-electron chi connectivity index (χ4n) is 4.77. The van der Waals surface area contributed by atoms with Crippen molar-refractivity contribution in [1.29, 1.82) is 5.26 Å². The van der Waals surface area contributed by atoms with Gasteiger partial charge in [0.25, 0.3) is 20.2 Å². The zero-order valence-electron chi connectivity index (χ0n) is 25.6. The highest BCUT2D eigenvalue weighted by Gasteiger charge is 2.22. The Morgan fingerprint density at radius 1 is 0.917 bits per heavy atom. The molecular weight excluding hydrogens is 685 g/mol. The van der Waals surface area contributed by atoms with Crippen LogP contribution < -0.4 is 10.6 Å². The lowest BCUT2D eigenvalue weighted by Gasteiger charge is -2.25. The van der Waals surface area contributed by atoms with Crippen molar-refractivity contribution in [2.75, 3.05) is 22.9 Å². The molecule has 254 valence electrons. The van der Waals surface area contributed by atoms with Gasteiger partial charge in [0.05, 0.1) is 27.6 Å². The van der Waals surface area contributed by atoms with E-state index in [1.165, 1.54) is 24.3 Å². The summed E-state index contributed by atoms with van der Waals surface area (Å²) in [5.74, 6) is 0.0647. The van der Waals surface area contributed by atoms with Crippen LogP contribution in [0.4, 0.5) is 34.4 Å². The Bertz CT molecular complexity index is 2120. The van der Waals surface area contributed by atoms with E-state index in [2.05, 4.69) is 48.7 Å². The van der Waals surface area contributed by atoms with Gasteiger partial charge in [-0.25, -0.2) is 13.4 Å². The minimum absolute atomic E-state index is 0.0195. The third-order valence-electron chi connectivity index (χ3n) is 7.30. The summed E-state index contributed by atoms with van der Waals surface area (Å²) in [4.78, 5) is 3.53. The largest absolute Gasteiger partial charge is 0.367 e. The van der Waals surface area contributed by atoms with Crippen LogP contribution in [0.5, 0.6) is 0 Å². The molecule has 3 aromatic rings. The van der Waals surface area contributed by atoms with Gasteiger partial charge in [0, 0.05) is 23.6 Å². The van der Waals surface area contributed by atoms with Gasteiger partial charge < -0.3 is 10.6 Å². The second-order valence-electron chi connectivity index (χ2n) is 10.7. The summed E-state index contributed by atoms with van der Waals surface area (Å²) < 4.78 is 90.2. The molecule has 4 rings (SSSR count). The van der Waals surface area contributed by atoms with E-state index < -0.39 is 35.0 Å². The SMILES string of the molecule is C=CS(=O)(=O)CCNc1nc(NC2CCCCC2)c(C#N)c(C)c1N=Nc1ccc(N=Nc2ccc(S(=O)(=O)O)cc2)cc1S(=O)(=O)O. The summed E-state index contributed by atoms with van der Waals surface area (Å²) in [5.41, 5.74) is 0.412. The van der Waals surface area contributed by atoms with Crippen LogP contribution in [0.3, 0.4) is 0 Å². The summed E-state index contributed by atoms with van der Waals surface area (Å²) in [7, 11) is -12.8. The first kappa shape index (κ1) is 36.2. The van der Waals surface area contributed by atoms with Crippen LogP contribution in [-0.2, 0) is 30.1 Å². The normalized spacial score (nSPS) is 14.6. The van der Waals surface area contributed by atoms with Crippen LogP contribution in [0.15, 0.2) is 84.7 Å². The number of hydrogen-bond donors (Lipinski definition) is 4. The van der Waals surface area contributed by atoms with Crippen LogP contribution in [0.25, 0.3) is 0 Å². The number of azo groups is 2. The second kappa shape index (κ2) is 15.1. The quantitative estimate of drug-likeness (QED) is 0.112. The highest BCUT2D eigenvalue weighted by molar-refractivity contribution is 7.94. The number of nitriles is 1. The average Bonchev–Trinajstić information content (AvgIpc) is 3.03. The summed E-state index contributed by atoms with van der Waals surface area (Å²) in [6.07, 6.45) is 4.94. The summed E-state index contributed by atoms with van der Waals surface area (Å²) in [5, 5.41) is 33.2. The second-order valence-corrected chi connectivity index (χ2v) is 15.6. The third kappa shape index (κ3) is 9.48. The van der Waals surface area contributed by atoms with Crippen molar-refractivity contribution < 1.29 is 34.4 Å². The van der Waals surface area contributed by atoms with Crippen LogP contribution in [0.2, 0.25) is 0 Å². The number of nitrogens with one attached hydrogen (secondary N) is 2. The molecule has 1 fully saturated rings. The molecule has 48 heavy (non-hydrogen) atoms. The minimum atomic E-state index is -4.87. The Morgan fingerprint density at radius 3 is 2.17 bits per heavy atom. The van der Waals surface area contributed by atoms with Crippen molar-refractivity contribution >= 4 is 64.5 Å². The molecule has 1 aromatic heterocycles. The van der Waals surface area contributed by atoms with Gasteiger partial charge in [-0.05, 0) is 62.2 Å². The number of sulfone groups is 1. The lowest BCUT2D eigenvalue weighted by molar-refractivity contribution is 0.462. The highest BCUT2D eigenvalue weighted by Crippen LogP contribution is 2.37. The molecular formula is C29H32N8O8S3. The third-order valence-corrected chi connectivity index (χ3v) is 10.3. The predicted molar refractivity (Wildman–Crippen MR) is 178 cm³/mol. The molecule has 2 aromatic carbocycles. The van der Waals surface area contributed by atoms with E-state index in [4.69, 9.17) is 4.55 Å². The van der Waals surface area contributed by atoms with Crippen molar-refractivity contribution in [2.45, 2.75) is 54.9 Å². The molecule has 1 heterocycles. The Kier molecular flexibility index (Phi) is 11.4. The van der Waals surface area contributed by atoms with Crippen molar-refractivity contribution in [3.63, 3.8) is 0 Å². The number of rotatable bonds is 13. The fraction of sp³-hybridized carbons (Fsp3) is 0.310. The maximum Gasteiger partial charge on any atom is 0.296 e. The van der Waals surface area contributed by atoms with Crippen LogP contribution in [0, 0.1) is 18.3 Å². The number of pyridine rings is 1. The first-order valence-corrected chi connectivity index (χ1v) is 19.0. The summed E-state index contributed by atoms with van der Waals surface area (Å²) in [6.45, 7) is 4.81. The van der Waals surface area contributed by atoms with Crippen LogP contribution in [0.1, 0.15) is 43.2 Å². The molecule has 16 nitrogen and oxygen atoms in total. The van der Waals surface area contributed by atoms with Gasteiger partial charge in [-0.3, -0.25) is 9.11 Å². The Hall–Kier alpha value is -4.61. The van der Waals surface area contributed by atoms with E-state index >= 15 is 0 Å². The molecule has 0 aliphatic heterocycles. The molecule has 1 aliphatic rings. The summed E-state index contributed by atoms with van der Waals surface area (Å²) >= 11 is 0. The van der Waals surface area contributed by atoms with Crippen LogP contribution >= 0.6 is 0 Å². The maximum atomic E-state index is 12.3. The molecule has 4 N–H and O–H groups in total. The smallest absolute Gasteiger partial charge is 0.296 e. The monoisotopic (exact) mass is 716 g/mol. The van der Waals surface area contributed by atoms with Gasteiger partial charge in [0.15, 0.2) is 15.7 Å². The van der Waals surface area contributed by atoms with Gasteiger partial charge in [-0.15, -0.1) is 10.2 Å². The molecule has 19 heteroatoms. The minimum Gasteiger partial charge on any atom is -0.367 e. The zero-order valence-corrected chi connectivity index (χ0v) is 28.1. The molecule has 1 saturated carbocycles. The van der Waals surface area contributed by atoms with Crippen molar-refractivity contribution in [3.05, 3.63) is 65.6 Å². The van der Waals surface area contributed by atoms with E-state index in [9.17, 15) is 35.1 Å². The fourth-order valence-corrected chi connectivity index (χ4v) is 6.45. The average molecular weight is 717 g/mol. The number of anilines is 2. The number of aromatic nitrogens is 1. The van der Waals surface area contributed by atoms with Crippen molar-refractivity contribution in [2.24, 2.45) is 20.5 Å². The Labute approximate surface area is 278 Å². The molecule has 0 atom stereocenters. The molecule has 0 bridgehead atoms. The van der Waals surface area contributed by atoms with E-state index in [-0.39, 0.29) is 63.2 Å². The molecule has 0 spiro atoms. The van der Waals surface area contributed by atoms with Gasteiger partial charge in [0.2, 0.25) is 0 Å². The van der Waals surface area contributed by atoms with Gasteiger partial charge in [-0.1, -0.05) is 25.8 Å². The number of benzene rings is 2. The van der Waals surface area contributed by atoms with Gasteiger partial charge in [-0.2, -0.15) is 32.3 Å². The van der Waals surface area contributed by atoms with Gasteiger partial charge in [0.1, 0.15) is 28.2 Å². The number of hydrogen-bond acceptors (Lipinski definition) is 14. The van der Waals surface area contributed by atoms with E-state index in [1.807, 2.05) is 0 Å². The predicted octanol–water partition coefficient (Wildman–Crippen LogP) is 6.30. The van der Waals surface area contributed by atoms with E-state index in [1.54, 1.807) is 6.92 Å². The van der Waals surface area contributed by atoms with Crippen LogP contribution in [-0.4, -0.2) is 57.7 Å². The van der Waals surface area contributed by atoms with Gasteiger partial charge >= 0.3 is 0 Å². The molecule has 0 amide bonds. The zero-order chi connectivity index (χ0) is 35.1. The first-order valence-electron chi connectivity index (χ1n) is 14.4. The Morgan fingerprint density at radius 2 is 1.56 bits per heavy atom. The summed E-state index contributed by atoms with van der Waals surface area (Å²) in [6, 6.07) is 10.5. The first-order chi connectivity index (χ1) is 22.6. The van der Waals surface area contributed by atoms with Crippen molar-refractivity contribution in [1.82, 2.24) is 4.98 Å². The lowest BCUT2D eigenvalue weighted by atomic mass is 9.95. The molecule has 0 radical (unpaired) electrons. The van der Waals surface area contributed by atoms with Crippen molar-refractivity contribution in [3.8, 4) is 6.07 Å². The molecule has 1 aliphatic carbocycles. The number of nitrogens with zero attached hydrogens (tertiary/aromatic N) is 6. The topological polar surface area (TPSA) is 253 Å². The molecule has 0 unspecified atom stereocenters. The standard InChI is InChI=1S/C29H32N8O8S3/c1-3-46(38,39)16-15-31-29-27(19(2)24(18-30)28(33-29)32-20-7-5-4-6-8-20)37-36-25-14-11-22(17-26(25)48(43,44)45)35-34-21-9-12-23(13-10-21)47(40,41)42/h3,9-14,17,20H,1,4-8,15-16H2,2H3,(H2,31,32,33)(H,40,41,42)(H,43,44,45). The molecule has 0 saturated heterocycles. The van der Waals surface area contributed by atoms with E-state index in [0.29, 0.717) is 5.56 Å². The van der Waals surface area contributed by atoms with E-state index in [0.717, 1.165) is 55.7 Å². The Balaban J connectivity index is 1.71. The highest BCUT2D eigenvalue weighted by atomic mass is 32.2.